The van der Waals surface area contributed by atoms with Crippen molar-refractivity contribution in [1.29, 1.82) is 0 Å². The van der Waals surface area contributed by atoms with Crippen LogP contribution in [0.1, 0.15) is 6.23 Å². The maximum absolute atomic E-state index is 14.1. The van der Waals surface area contributed by atoms with E-state index < -0.39 is 48.5 Å². The van der Waals surface area contributed by atoms with E-state index in [2.05, 4.69) is 9.72 Å². The Morgan fingerprint density at radius 2 is 2.32 bits per heavy atom. The van der Waals surface area contributed by atoms with Crippen molar-refractivity contribution in [3.63, 3.8) is 0 Å². The number of hydrogen-bond acceptors (Lipinski definition) is 7. The van der Waals surface area contributed by atoms with Crippen LogP contribution >= 0.6 is 11.6 Å². The van der Waals surface area contributed by atoms with E-state index in [0.29, 0.717) is 4.57 Å². The van der Waals surface area contributed by atoms with Gasteiger partial charge in [0.25, 0.3) is 0 Å². The molecule has 3 atom stereocenters. The molecule has 0 spiro atoms. The molecular weight excluding hydrogens is 328 g/mol. The molecule has 0 saturated carbocycles. The number of nitrogen functional groups attached to an aromatic ring is 1. The number of halogens is 3. The van der Waals surface area contributed by atoms with Gasteiger partial charge >= 0.3 is 17.6 Å². The SMILES string of the molecule is Nc1ccn(C2O[C@H](COC(=O)CCl)[C@H](O)C2(F)F)c(=O)n1. The normalized spacial score (nSPS) is 26.8. The van der Waals surface area contributed by atoms with E-state index in [9.17, 15) is 23.5 Å². The second-order valence-electron chi connectivity index (χ2n) is 4.51. The fourth-order valence-corrected chi connectivity index (χ4v) is 2.00. The van der Waals surface area contributed by atoms with E-state index in [1.54, 1.807) is 0 Å². The van der Waals surface area contributed by atoms with Crippen LogP contribution in [0.25, 0.3) is 0 Å². The number of esters is 1. The Hall–Kier alpha value is -1.78. The third-order valence-corrected chi connectivity index (χ3v) is 3.22. The molecule has 1 aliphatic rings. The highest BCUT2D eigenvalue weighted by atomic mass is 35.5. The van der Waals surface area contributed by atoms with Crippen LogP contribution in [0.3, 0.4) is 0 Å². The Morgan fingerprint density at radius 3 is 2.91 bits per heavy atom. The van der Waals surface area contributed by atoms with Crippen LogP contribution in [0.15, 0.2) is 17.1 Å². The van der Waals surface area contributed by atoms with Gasteiger partial charge in [0.15, 0.2) is 6.10 Å². The summed E-state index contributed by atoms with van der Waals surface area (Å²) in [5.41, 5.74) is 4.21. The smallest absolute Gasteiger partial charge is 0.351 e. The van der Waals surface area contributed by atoms with Crippen LogP contribution in [0.4, 0.5) is 14.6 Å². The molecule has 0 aromatic carbocycles. The first-order valence-corrected chi connectivity index (χ1v) is 6.58. The molecule has 22 heavy (non-hydrogen) atoms. The van der Waals surface area contributed by atoms with Gasteiger partial charge in [-0.3, -0.25) is 9.36 Å². The largest absolute Gasteiger partial charge is 0.462 e. The monoisotopic (exact) mass is 339 g/mol. The van der Waals surface area contributed by atoms with Crippen LogP contribution in [0.2, 0.25) is 0 Å². The lowest BCUT2D eigenvalue weighted by molar-refractivity contribution is -0.147. The molecule has 1 aromatic heterocycles. The van der Waals surface area contributed by atoms with Crippen LogP contribution in [0, 0.1) is 0 Å². The Labute approximate surface area is 127 Å². The van der Waals surface area contributed by atoms with Crippen molar-refractivity contribution < 1.29 is 28.2 Å². The highest BCUT2D eigenvalue weighted by Gasteiger charge is 2.60. The fourth-order valence-electron chi connectivity index (χ4n) is 1.92. The highest BCUT2D eigenvalue weighted by Crippen LogP contribution is 2.42. The van der Waals surface area contributed by atoms with Gasteiger partial charge in [0.2, 0.25) is 6.23 Å². The first kappa shape index (κ1) is 16.6. The molecular formula is C11H12ClF2N3O5. The molecule has 0 radical (unpaired) electrons. The minimum atomic E-state index is -3.79. The molecule has 1 aromatic rings. The topological polar surface area (TPSA) is 117 Å². The maximum atomic E-state index is 14.1. The van der Waals surface area contributed by atoms with Gasteiger partial charge in [-0.05, 0) is 6.07 Å². The number of rotatable bonds is 4. The number of alkyl halides is 3. The van der Waals surface area contributed by atoms with Gasteiger partial charge in [-0.1, -0.05) is 0 Å². The van der Waals surface area contributed by atoms with E-state index in [-0.39, 0.29) is 5.82 Å². The summed E-state index contributed by atoms with van der Waals surface area (Å²) in [6.45, 7) is -0.629. The first-order valence-electron chi connectivity index (χ1n) is 6.05. The number of aromatic nitrogens is 2. The zero-order chi connectivity index (χ0) is 16.5. The average molecular weight is 340 g/mol. The number of aliphatic hydroxyl groups is 1. The van der Waals surface area contributed by atoms with E-state index in [4.69, 9.17) is 22.1 Å². The molecule has 122 valence electrons. The summed E-state index contributed by atoms with van der Waals surface area (Å²) in [6.07, 6.45) is -4.91. The molecule has 0 amide bonds. The van der Waals surface area contributed by atoms with Crippen molar-refractivity contribution in [2.75, 3.05) is 18.2 Å². The molecule has 1 saturated heterocycles. The summed E-state index contributed by atoms with van der Waals surface area (Å²) in [5.74, 6) is -5.25. The molecule has 1 unspecified atom stereocenters. The molecule has 3 N–H and O–H groups in total. The average Bonchev–Trinajstić information content (AvgIpc) is 2.68. The maximum Gasteiger partial charge on any atom is 0.351 e. The quantitative estimate of drug-likeness (QED) is 0.561. The minimum Gasteiger partial charge on any atom is -0.462 e. The predicted octanol–water partition coefficient (Wildman–Crippen LogP) is -0.499. The number of carbonyl (C=O) groups is 1. The minimum absolute atomic E-state index is 0.143. The van der Waals surface area contributed by atoms with Crippen LogP contribution in [-0.4, -0.2) is 51.2 Å². The van der Waals surface area contributed by atoms with E-state index in [1.165, 1.54) is 0 Å². The number of aliphatic hydroxyl groups excluding tert-OH is 1. The molecule has 1 aliphatic heterocycles. The summed E-state index contributed by atoms with van der Waals surface area (Å²) in [6, 6.07) is 1.13. The Bertz CT molecular complexity index is 626. The van der Waals surface area contributed by atoms with E-state index >= 15 is 0 Å². The Kier molecular flexibility index (Phi) is 4.63. The standard InChI is InChI=1S/C11H12ClF2N3O5/c12-3-7(18)21-4-5-8(19)11(13,14)9(22-5)17-2-1-6(15)16-10(17)20/h1-2,5,8-9,19H,3-4H2,(H2,15,16,20)/t5-,8+,9?/m1/s1. The molecule has 2 rings (SSSR count). The molecule has 8 nitrogen and oxygen atoms in total. The lowest BCUT2D eigenvalue weighted by Crippen LogP contribution is -2.42. The zero-order valence-corrected chi connectivity index (χ0v) is 11.7. The van der Waals surface area contributed by atoms with Gasteiger partial charge in [-0.2, -0.15) is 13.8 Å². The number of hydrogen-bond donors (Lipinski definition) is 2. The van der Waals surface area contributed by atoms with Gasteiger partial charge in [-0.25, -0.2) is 4.79 Å². The third kappa shape index (κ3) is 3.03. The van der Waals surface area contributed by atoms with E-state index in [0.717, 1.165) is 12.3 Å². The number of carbonyl (C=O) groups excluding carboxylic acids is 1. The Balaban J connectivity index is 2.22. The van der Waals surface area contributed by atoms with Gasteiger partial charge in [0, 0.05) is 6.20 Å². The predicted molar refractivity (Wildman–Crippen MR) is 69.5 cm³/mol. The Morgan fingerprint density at radius 1 is 1.64 bits per heavy atom. The molecule has 11 heteroatoms. The second kappa shape index (κ2) is 6.15. The van der Waals surface area contributed by atoms with Gasteiger partial charge < -0.3 is 20.3 Å². The first-order chi connectivity index (χ1) is 10.3. The lowest BCUT2D eigenvalue weighted by atomic mass is 10.1. The molecule has 0 aliphatic carbocycles. The molecule has 1 fully saturated rings. The lowest BCUT2D eigenvalue weighted by Gasteiger charge is -2.20. The van der Waals surface area contributed by atoms with Crippen molar-refractivity contribution in [3.8, 4) is 0 Å². The van der Waals surface area contributed by atoms with Crippen LogP contribution < -0.4 is 11.4 Å². The van der Waals surface area contributed by atoms with Crippen LogP contribution in [0.5, 0.6) is 0 Å². The van der Waals surface area contributed by atoms with Crippen molar-refractivity contribution in [1.82, 2.24) is 9.55 Å². The van der Waals surface area contributed by atoms with Gasteiger partial charge in [0.1, 0.15) is 24.4 Å². The third-order valence-electron chi connectivity index (χ3n) is 3.00. The van der Waals surface area contributed by atoms with Gasteiger partial charge in [0.05, 0.1) is 0 Å². The van der Waals surface area contributed by atoms with E-state index in [1.807, 2.05) is 0 Å². The van der Waals surface area contributed by atoms with Crippen molar-refractivity contribution in [2.24, 2.45) is 0 Å². The van der Waals surface area contributed by atoms with Crippen molar-refractivity contribution >= 4 is 23.4 Å². The zero-order valence-electron chi connectivity index (χ0n) is 11.0. The summed E-state index contributed by atoms with van der Waals surface area (Å²) < 4.78 is 38.1. The second-order valence-corrected chi connectivity index (χ2v) is 4.77. The summed E-state index contributed by atoms with van der Waals surface area (Å²) in [4.78, 5) is 25.8. The number of anilines is 1. The summed E-state index contributed by atoms with van der Waals surface area (Å²) in [5, 5.41) is 9.62. The summed E-state index contributed by atoms with van der Waals surface area (Å²) >= 11 is 5.20. The van der Waals surface area contributed by atoms with Crippen molar-refractivity contribution in [3.05, 3.63) is 22.7 Å². The van der Waals surface area contributed by atoms with Gasteiger partial charge in [-0.15, -0.1) is 11.6 Å². The van der Waals surface area contributed by atoms with Crippen LogP contribution in [-0.2, 0) is 14.3 Å². The molecule has 0 bridgehead atoms. The fraction of sp³-hybridized carbons (Fsp3) is 0.545. The summed E-state index contributed by atoms with van der Waals surface area (Å²) in [7, 11) is 0. The number of nitrogens with zero attached hydrogens (tertiary/aromatic N) is 2. The highest BCUT2D eigenvalue weighted by molar-refractivity contribution is 6.26. The molecule has 2 heterocycles. The number of nitrogens with two attached hydrogens (primary N) is 1. The number of ether oxygens (including phenoxy) is 2. The van der Waals surface area contributed by atoms with Crippen molar-refractivity contribution in [2.45, 2.75) is 24.4 Å².